The molecule has 6 heteroatoms. The van der Waals surface area contributed by atoms with Crippen molar-refractivity contribution in [2.24, 2.45) is 0 Å². The van der Waals surface area contributed by atoms with E-state index in [1.54, 1.807) is 16.2 Å². The number of nitrogens with one attached hydrogen (secondary N) is 1. The smallest absolute Gasteiger partial charge is 0.250 e. The molecule has 0 atom stereocenters. The number of nitrogens with zero attached hydrogens (tertiary/aromatic N) is 1. The Kier molecular flexibility index (Phi) is 4.29. The van der Waals surface area contributed by atoms with Crippen molar-refractivity contribution in [2.45, 2.75) is 25.3 Å². The first-order chi connectivity index (χ1) is 8.55. The van der Waals surface area contributed by atoms with Gasteiger partial charge < -0.3 is 5.32 Å². The Morgan fingerprint density at radius 2 is 2.17 bits per heavy atom. The van der Waals surface area contributed by atoms with E-state index in [2.05, 4.69) is 5.32 Å². The molecular formula is C12H16F2N2OS. The van der Waals surface area contributed by atoms with E-state index in [-0.39, 0.29) is 25.3 Å². The summed E-state index contributed by atoms with van der Waals surface area (Å²) >= 11 is 1.58. The number of likely N-dealkylation sites (tertiary alicyclic amines) is 1. The summed E-state index contributed by atoms with van der Waals surface area (Å²) in [6, 6.07) is 3.88. The van der Waals surface area contributed by atoms with Crippen LogP contribution in [-0.4, -0.2) is 36.4 Å². The van der Waals surface area contributed by atoms with Crippen LogP contribution in [0.25, 0.3) is 0 Å². The second-order valence-corrected chi connectivity index (χ2v) is 5.52. The van der Waals surface area contributed by atoms with Crippen LogP contribution in [0.2, 0.25) is 0 Å². The molecule has 1 N–H and O–H groups in total. The molecule has 2 heterocycles. The topological polar surface area (TPSA) is 32.3 Å². The molecule has 1 aliphatic rings. The Morgan fingerprint density at radius 1 is 1.44 bits per heavy atom. The molecule has 0 unspecified atom stereocenters. The number of halogens is 2. The van der Waals surface area contributed by atoms with Crippen LogP contribution < -0.4 is 5.32 Å². The third kappa shape index (κ3) is 4.03. The zero-order chi connectivity index (χ0) is 13.0. The zero-order valence-corrected chi connectivity index (χ0v) is 10.8. The van der Waals surface area contributed by atoms with Crippen molar-refractivity contribution in [1.82, 2.24) is 10.2 Å². The van der Waals surface area contributed by atoms with E-state index >= 15 is 0 Å². The number of alkyl halides is 2. The minimum atomic E-state index is -2.55. The molecule has 0 saturated carbocycles. The molecule has 3 nitrogen and oxygen atoms in total. The summed E-state index contributed by atoms with van der Waals surface area (Å²) in [5, 5.41) is 4.75. The van der Waals surface area contributed by atoms with E-state index in [1.807, 2.05) is 17.5 Å². The van der Waals surface area contributed by atoms with Gasteiger partial charge in [-0.2, -0.15) is 0 Å². The fourth-order valence-corrected chi connectivity index (χ4v) is 2.54. The van der Waals surface area contributed by atoms with Crippen molar-refractivity contribution in [2.75, 3.05) is 19.6 Å². The van der Waals surface area contributed by atoms with Crippen molar-refractivity contribution in [1.29, 1.82) is 0 Å². The molecule has 1 aliphatic heterocycles. The van der Waals surface area contributed by atoms with Crippen molar-refractivity contribution < 1.29 is 13.6 Å². The largest absolute Gasteiger partial charge is 0.350 e. The maximum Gasteiger partial charge on any atom is 0.250 e. The number of hydrogen-bond donors (Lipinski definition) is 1. The number of amides is 1. The van der Waals surface area contributed by atoms with Gasteiger partial charge >= 0.3 is 0 Å². The summed E-state index contributed by atoms with van der Waals surface area (Å²) in [4.78, 5) is 14.5. The van der Waals surface area contributed by atoms with Crippen molar-refractivity contribution in [3.8, 4) is 0 Å². The molecule has 1 saturated heterocycles. The van der Waals surface area contributed by atoms with E-state index in [4.69, 9.17) is 0 Å². The Hall–Kier alpha value is -1.01. The predicted octanol–water partition coefficient (Wildman–Crippen LogP) is 2.10. The highest BCUT2D eigenvalue weighted by Gasteiger charge is 2.34. The molecule has 0 aromatic carbocycles. The normalized spacial score (nSPS) is 19.7. The maximum atomic E-state index is 12.9. The lowest BCUT2D eigenvalue weighted by Crippen LogP contribution is -2.44. The third-order valence-corrected chi connectivity index (χ3v) is 3.87. The maximum absolute atomic E-state index is 12.9. The summed E-state index contributed by atoms with van der Waals surface area (Å²) in [6.07, 6.45) is -0.295. The lowest BCUT2D eigenvalue weighted by atomic mass is 10.1. The monoisotopic (exact) mass is 274 g/mol. The molecular weight excluding hydrogens is 258 g/mol. The van der Waals surface area contributed by atoms with Crippen LogP contribution in [-0.2, 0) is 11.3 Å². The van der Waals surface area contributed by atoms with Crippen LogP contribution in [0.1, 0.15) is 17.7 Å². The van der Waals surface area contributed by atoms with Gasteiger partial charge in [-0.25, -0.2) is 8.78 Å². The van der Waals surface area contributed by atoms with Crippen LogP contribution in [0, 0.1) is 0 Å². The van der Waals surface area contributed by atoms with E-state index in [0.29, 0.717) is 19.6 Å². The first-order valence-electron chi connectivity index (χ1n) is 5.94. The van der Waals surface area contributed by atoms with Gasteiger partial charge in [0.15, 0.2) is 0 Å². The summed E-state index contributed by atoms with van der Waals surface area (Å²) in [5.41, 5.74) is 0. The van der Waals surface area contributed by atoms with Crippen molar-refractivity contribution in [3.63, 3.8) is 0 Å². The molecule has 1 aromatic heterocycles. The van der Waals surface area contributed by atoms with Crippen LogP contribution in [0.3, 0.4) is 0 Å². The van der Waals surface area contributed by atoms with Gasteiger partial charge in [-0.3, -0.25) is 9.69 Å². The standard InChI is InChI=1S/C12H16F2N2OS/c13-12(14)3-5-16(6-4-12)9-11(17)15-8-10-2-1-7-18-10/h1-2,7H,3-6,8-9H2,(H,15,17). The molecule has 0 radical (unpaired) electrons. The zero-order valence-electron chi connectivity index (χ0n) is 9.99. The van der Waals surface area contributed by atoms with Gasteiger partial charge in [-0.1, -0.05) is 6.07 Å². The molecule has 18 heavy (non-hydrogen) atoms. The number of hydrogen-bond acceptors (Lipinski definition) is 3. The Balaban J connectivity index is 1.69. The summed E-state index contributed by atoms with van der Waals surface area (Å²) < 4.78 is 25.8. The molecule has 0 spiro atoms. The van der Waals surface area contributed by atoms with Crippen molar-refractivity contribution in [3.05, 3.63) is 22.4 Å². The second kappa shape index (κ2) is 5.75. The van der Waals surface area contributed by atoms with Gasteiger partial charge in [0.1, 0.15) is 0 Å². The average molecular weight is 274 g/mol. The van der Waals surface area contributed by atoms with Crippen LogP contribution in [0.5, 0.6) is 0 Å². The van der Waals surface area contributed by atoms with Gasteiger partial charge in [-0.05, 0) is 11.4 Å². The number of carbonyl (C=O) groups is 1. The summed E-state index contributed by atoms with van der Waals surface area (Å²) in [5.74, 6) is -2.65. The number of rotatable bonds is 4. The lowest BCUT2D eigenvalue weighted by molar-refractivity contribution is -0.124. The second-order valence-electron chi connectivity index (χ2n) is 4.49. The van der Waals surface area contributed by atoms with Crippen molar-refractivity contribution >= 4 is 17.2 Å². The van der Waals surface area contributed by atoms with Gasteiger partial charge in [0.2, 0.25) is 5.91 Å². The predicted molar refractivity (Wildman–Crippen MR) is 66.8 cm³/mol. The van der Waals surface area contributed by atoms with E-state index in [9.17, 15) is 13.6 Å². The Bertz CT molecular complexity index is 385. The van der Waals surface area contributed by atoms with Crippen LogP contribution >= 0.6 is 11.3 Å². The third-order valence-electron chi connectivity index (χ3n) is 2.99. The first kappa shape index (κ1) is 13.4. The molecule has 0 bridgehead atoms. The highest BCUT2D eigenvalue weighted by Crippen LogP contribution is 2.27. The molecule has 100 valence electrons. The SMILES string of the molecule is O=C(CN1CCC(F)(F)CC1)NCc1cccs1. The van der Waals surface area contributed by atoms with Gasteiger partial charge in [0.05, 0.1) is 13.1 Å². The summed E-state index contributed by atoms with van der Waals surface area (Å²) in [7, 11) is 0. The van der Waals surface area contributed by atoms with E-state index in [0.717, 1.165) is 4.88 Å². The quantitative estimate of drug-likeness (QED) is 0.912. The van der Waals surface area contributed by atoms with Gasteiger partial charge in [0, 0.05) is 30.8 Å². The minimum absolute atomic E-state index is 0.103. The van der Waals surface area contributed by atoms with E-state index in [1.165, 1.54) is 0 Å². The molecule has 1 amide bonds. The number of carbonyl (C=O) groups excluding carboxylic acids is 1. The molecule has 1 fully saturated rings. The minimum Gasteiger partial charge on any atom is -0.350 e. The lowest BCUT2D eigenvalue weighted by Gasteiger charge is -2.31. The Morgan fingerprint density at radius 3 is 2.78 bits per heavy atom. The highest BCUT2D eigenvalue weighted by molar-refractivity contribution is 7.09. The van der Waals surface area contributed by atoms with E-state index < -0.39 is 5.92 Å². The average Bonchev–Trinajstić information content (AvgIpc) is 2.82. The van der Waals surface area contributed by atoms with Gasteiger partial charge in [0.25, 0.3) is 5.92 Å². The number of thiophene rings is 1. The molecule has 2 rings (SSSR count). The highest BCUT2D eigenvalue weighted by atomic mass is 32.1. The fourth-order valence-electron chi connectivity index (χ4n) is 1.90. The van der Waals surface area contributed by atoms with Crippen LogP contribution in [0.4, 0.5) is 8.78 Å². The molecule has 1 aromatic rings. The fraction of sp³-hybridized carbons (Fsp3) is 0.583. The number of piperidine rings is 1. The molecule has 0 aliphatic carbocycles. The summed E-state index contributed by atoms with van der Waals surface area (Å²) in [6.45, 7) is 1.31. The van der Waals surface area contributed by atoms with Crippen LogP contribution in [0.15, 0.2) is 17.5 Å². The van der Waals surface area contributed by atoms with Gasteiger partial charge in [-0.15, -0.1) is 11.3 Å². The first-order valence-corrected chi connectivity index (χ1v) is 6.82. The Labute approximate surface area is 109 Å².